The van der Waals surface area contributed by atoms with Gasteiger partial charge in [0.05, 0.1) is 5.69 Å². The summed E-state index contributed by atoms with van der Waals surface area (Å²) in [5.41, 5.74) is 1.98. The smallest absolute Gasteiger partial charge is 0.323 e. The van der Waals surface area contributed by atoms with Gasteiger partial charge < -0.3 is 10.0 Å². The lowest BCUT2D eigenvalue weighted by Gasteiger charge is -2.18. The molecule has 0 unspecified atom stereocenters. The molecule has 4 nitrogen and oxygen atoms in total. The van der Waals surface area contributed by atoms with Crippen LogP contribution >= 0.6 is 11.3 Å². The summed E-state index contributed by atoms with van der Waals surface area (Å²) < 4.78 is 0. The maximum absolute atomic E-state index is 10.9. The molecule has 3 rings (SSSR count). The van der Waals surface area contributed by atoms with E-state index >= 15 is 0 Å². The molecule has 1 saturated carbocycles. The molecule has 5 heteroatoms. The van der Waals surface area contributed by atoms with Crippen LogP contribution in [0.25, 0.3) is 11.3 Å². The van der Waals surface area contributed by atoms with Gasteiger partial charge in [-0.3, -0.25) is 4.79 Å². The fraction of sp³-hybridized carbons (Fsp3) is 0.286. The number of rotatable bonds is 5. The van der Waals surface area contributed by atoms with Crippen molar-refractivity contribution < 1.29 is 9.90 Å². The Bertz CT molecular complexity index is 578. The van der Waals surface area contributed by atoms with Gasteiger partial charge in [-0.1, -0.05) is 30.3 Å². The summed E-state index contributed by atoms with van der Waals surface area (Å²) in [5.74, 6) is -0.802. The van der Waals surface area contributed by atoms with Gasteiger partial charge in [0.15, 0.2) is 5.13 Å². The van der Waals surface area contributed by atoms with Crippen molar-refractivity contribution in [2.24, 2.45) is 0 Å². The van der Waals surface area contributed by atoms with Crippen LogP contribution in [0.5, 0.6) is 0 Å². The third-order valence-corrected chi connectivity index (χ3v) is 3.98. The fourth-order valence-corrected chi connectivity index (χ4v) is 2.93. The van der Waals surface area contributed by atoms with Crippen LogP contribution in [-0.2, 0) is 4.79 Å². The van der Waals surface area contributed by atoms with Crippen LogP contribution in [0, 0.1) is 0 Å². The number of carbonyl (C=O) groups is 1. The summed E-state index contributed by atoms with van der Waals surface area (Å²) in [5, 5.41) is 11.8. The largest absolute Gasteiger partial charge is 0.480 e. The Balaban J connectivity index is 1.85. The van der Waals surface area contributed by atoms with Gasteiger partial charge in [-0.05, 0) is 12.8 Å². The monoisotopic (exact) mass is 274 g/mol. The molecule has 1 fully saturated rings. The van der Waals surface area contributed by atoms with Crippen molar-refractivity contribution in [3.05, 3.63) is 35.7 Å². The molecule has 0 bridgehead atoms. The number of carboxylic acid groups (broad SMARTS) is 1. The van der Waals surface area contributed by atoms with Gasteiger partial charge in [0.1, 0.15) is 6.54 Å². The van der Waals surface area contributed by atoms with Crippen LogP contribution in [0.3, 0.4) is 0 Å². The van der Waals surface area contributed by atoms with Gasteiger partial charge >= 0.3 is 5.97 Å². The van der Waals surface area contributed by atoms with Gasteiger partial charge in [0.25, 0.3) is 0 Å². The van der Waals surface area contributed by atoms with E-state index in [0.29, 0.717) is 6.04 Å². The first-order chi connectivity index (χ1) is 9.24. The van der Waals surface area contributed by atoms with Crippen molar-refractivity contribution in [3.63, 3.8) is 0 Å². The number of carboxylic acids is 1. The van der Waals surface area contributed by atoms with E-state index < -0.39 is 5.97 Å². The van der Waals surface area contributed by atoms with E-state index in [1.54, 1.807) is 0 Å². The number of aliphatic carboxylic acids is 1. The molecule has 0 spiro atoms. The third kappa shape index (κ3) is 2.76. The lowest BCUT2D eigenvalue weighted by Crippen LogP contribution is -2.31. The second kappa shape index (κ2) is 5.01. The first-order valence-electron chi connectivity index (χ1n) is 6.23. The highest BCUT2D eigenvalue weighted by Gasteiger charge is 2.32. The van der Waals surface area contributed by atoms with E-state index in [1.165, 1.54) is 11.3 Å². The number of aromatic nitrogens is 1. The zero-order chi connectivity index (χ0) is 13.2. The number of nitrogens with zero attached hydrogens (tertiary/aromatic N) is 2. The molecule has 0 amide bonds. The van der Waals surface area contributed by atoms with Gasteiger partial charge in [0.2, 0.25) is 0 Å². The van der Waals surface area contributed by atoms with Crippen molar-refractivity contribution in [3.8, 4) is 11.3 Å². The van der Waals surface area contributed by atoms with E-state index in [-0.39, 0.29) is 6.54 Å². The van der Waals surface area contributed by atoms with E-state index in [2.05, 4.69) is 4.98 Å². The molecular formula is C14H14N2O2S. The Kier molecular flexibility index (Phi) is 3.21. The Morgan fingerprint density at radius 3 is 2.74 bits per heavy atom. The minimum atomic E-state index is -0.802. The normalized spacial score (nSPS) is 14.3. The lowest BCUT2D eigenvalue weighted by atomic mass is 10.2. The molecular weight excluding hydrogens is 260 g/mol. The molecule has 19 heavy (non-hydrogen) atoms. The predicted octanol–water partition coefficient (Wildman–Crippen LogP) is 2.86. The van der Waals surface area contributed by atoms with E-state index in [9.17, 15) is 4.79 Å². The van der Waals surface area contributed by atoms with Crippen molar-refractivity contribution in [2.75, 3.05) is 11.4 Å². The molecule has 0 saturated heterocycles. The molecule has 1 N–H and O–H groups in total. The predicted molar refractivity (Wildman–Crippen MR) is 75.6 cm³/mol. The van der Waals surface area contributed by atoms with E-state index in [4.69, 9.17) is 5.11 Å². The highest BCUT2D eigenvalue weighted by Crippen LogP contribution is 2.35. The summed E-state index contributed by atoms with van der Waals surface area (Å²) in [4.78, 5) is 17.4. The van der Waals surface area contributed by atoms with E-state index in [1.807, 2.05) is 40.6 Å². The van der Waals surface area contributed by atoms with Gasteiger partial charge in [0, 0.05) is 17.0 Å². The minimum absolute atomic E-state index is 0.0341. The number of thiazole rings is 1. The summed E-state index contributed by atoms with van der Waals surface area (Å²) in [6.45, 7) is 0.0341. The van der Waals surface area contributed by atoms with Crippen molar-refractivity contribution in [1.82, 2.24) is 4.98 Å². The second-order valence-electron chi connectivity index (χ2n) is 4.63. The molecule has 98 valence electrons. The molecule has 1 aromatic carbocycles. The van der Waals surface area contributed by atoms with Crippen LogP contribution in [0.15, 0.2) is 35.7 Å². The summed E-state index contributed by atoms with van der Waals surface area (Å²) in [6.07, 6.45) is 2.13. The first-order valence-corrected chi connectivity index (χ1v) is 7.11. The van der Waals surface area contributed by atoms with Crippen LogP contribution in [0.2, 0.25) is 0 Å². The highest BCUT2D eigenvalue weighted by molar-refractivity contribution is 7.14. The molecule has 2 aromatic rings. The molecule has 0 aliphatic heterocycles. The third-order valence-electron chi connectivity index (χ3n) is 3.10. The Labute approximate surface area is 115 Å². The number of benzene rings is 1. The zero-order valence-electron chi connectivity index (χ0n) is 10.3. The number of hydrogen-bond acceptors (Lipinski definition) is 4. The van der Waals surface area contributed by atoms with Crippen molar-refractivity contribution >= 4 is 22.4 Å². The molecule has 1 aromatic heterocycles. The van der Waals surface area contributed by atoms with Crippen LogP contribution < -0.4 is 4.90 Å². The lowest BCUT2D eigenvalue weighted by molar-refractivity contribution is -0.135. The summed E-state index contributed by atoms with van der Waals surface area (Å²) in [6, 6.07) is 10.3. The van der Waals surface area contributed by atoms with Gasteiger partial charge in [-0.2, -0.15) is 0 Å². The Morgan fingerprint density at radius 2 is 2.11 bits per heavy atom. The first kappa shape index (κ1) is 12.2. The quantitative estimate of drug-likeness (QED) is 0.911. The minimum Gasteiger partial charge on any atom is -0.480 e. The topological polar surface area (TPSA) is 53.4 Å². The SMILES string of the molecule is O=C(O)CN(c1nc(-c2ccccc2)cs1)C1CC1. The van der Waals surface area contributed by atoms with E-state index in [0.717, 1.165) is 29.2 Å². The average molecular weight is 274 g/mol. The average Bonchev–Trinajstić information content (AvgIpc) is 3.14. The standard InChI is InChI=1S/C14H14N2O2S/c17-13(18)8-16(11-6-7-11)14-15-12(9-19-14)10-4-2-1-3-5-10/h1-5,9,11H,6-8H2,(H,17,18). The fourth-order valence-electron chi connectivity index (χ4n) is 2.02. The Morgan fingerprint density at radius 1 is 1.37 bits per heavy atom. The Hall–Kier alpha value is -1.88. The highest BCUT2D eigenvalue weighted by atomic mass is 32.1. The molecule has 1 aliphatic carbocycles. The molecule has 1 heterocycles. The van der Waals surface area contributed by atoms with Crippen molar-refractivity contribution in [1.29, 1.82) is 0 Å². The van der Waals surface area contributed by atoms with Crippen molar-refractivity contribution in [2.45, 2.75) is 18.9 Å². The zero-order valence-corrected chi connectivity index (χ0v) is 11.1. The molecule has 1 aliphatic rings. The summed E-state index contributed by atoms with van der Waals surface area (Å²) in [7, 11) is 0. The second-order valence-corrected chi connectivity index (χ2v) is 5.47. The van der Waals surface area contributed by atoms with Crippen LogP contribution in [0.1, 0.15) is 12.8 Å². The maximum atomic E-state index is 10.9. The number of anilines is 1. The van der Waals surface area contributed by atoms with Crippen LogP contribution in [-0.4, -0.2) is 28.6 Å². The van der Waals surface area contributed by atoms with Crippen LogP contribution in [0.4, 0.5) is 5.13 Å². The van der Waals surface area contributed by atoms with Gasteiger partial charge in [-0.15, -0.1) is 11.3 Å². The van der Waals surface area contributed by atoms with Gasteiger partial charge in [-0.25, -0.2) is 4.98 Å². The summed E-state index contributed by atoms with van der Waals surface area (Å²) >= 11 is 1.51. The molecule has 0 radical (unpaired) electrons. The number of hydrogen-bond donors (Lipinski definition) is 1. The maximum Gasteiger partial charge on any atom is 0.323 e. The molecule has 0 atom stereocenters.